The van der Waals surface area contributed by atoms with Crippen molar-refractivity contribution in [3.8, 4) is 5.88 Å². The number of ether oxygens (including phenoxy) is 1. The van der Waals surface area contributed by atoms with Gasteiger partial charge in [-0.1, -0.05) is 0 Å². The molecule has 3 N–H and O–H groups in total. The zero-order valence-corrected chi connectivity index (χ0v) is 18.4. The number of thiophene rings is 1. The van der Waals surface area contributed by atoms with Crippen molar-refractivity contribution >= 4 is 38.9 Å². The summed E-state index contributed by atoms with van der Waals surface area (Å²) in [5, 5.41) is 21.9. The van der Waals surface area contributed by atoms with Gasteiger partial charge in [0.05, 0.1) is 10.7 Å². The lowest BCUT2D eigenvalue weighted by Crippen LogP contribution is -2.46. The van der Waals surface area contributed by atoms with Gasteiger partial charge in [0.15, 0.2) is 0 Å². The summed E-state index contributed by atoms with van der Waals surface area (Å²) < 4.78 is 6.26. The van der Waals surface area contributed by atoms with Gasteiger partial charge in [0.2, 0.25) is 11.8 Å². The summed E-state index contributed by atoms with van der Waals surface area (Å²) in [6, 6.07) is 2.12. The Balaban J connectivity index is 1.83. The number of nitrogens with zero attached hydrogens (tertiary/aromatic N) is 3. The zero-order chi connectivity index (χ0) is 19.9. The van der Waals surface area contributed by atoms with Crippen LogP contribution < -0.4 is 15.5 Å². The minimum absolute atomic E-state index is 0.118. The van der Waals surface area contributed by atoms with E-state index in [1.807, 2.05) is 13.8 Å². The molecular weight excluding hydrogens is 430 g/mol. The molecule has 2 heterocycles. The average molecular weight is 456 g/mol. The summed E-state index contributed by atoms with van der Waals surface area (Å²) in [5.41, 5.74) is 4.78. The maximum absolute atomic E-state index is 10.3. The van der Waals surface area contributed by atoms with Gasteiger partial charge in [0, 0.05) is 17.8 Å². The molecule has 0 radical (unpaired) electrons. The molecule has 2 rings (SSSR count). The molecule has 0 aromatic carbocycles. The normalized spacial score (nSPS) is 12.5. The Morgan fingerprint density at radius 3 is 2.89 bits per heavy atom. The Bertz CT molecular complexity index is 748. The first kappa shape index (κ1) is 21.7. The number of anilines is 1. The molecule has 148 valence electrons. The minimum atomic E-state index is -0.666. The summed E-state index contributed by atoms with van der Waals surface area (Å²) in [7, 11) is 0. The predicted octanol–water partition coefficient (Wildman–Crippen LogP) is 3.46. The highest BCUT2D eigenvalue weighted by molar-refractivity contribution is 9.10. The van der Waals surface area contributed by atoms with E-state index in [9.17, 15) is 5.11 Å². The maximum atomic E-state index is 10.3. The van der Waals surface area contributed by atoms with Gasteiger partial charge in [-0.15, -0.1) is 0 Å². The van der Waals surface area contributed by atoms with Crippen molar-refractivity contribution in [1.29, 1.82) is 0 Å². The van der Waals surface area contributed by atoms with Crippen molar-refractivity contribution in [2.24, 2.45) is 5.10 Å². The number of nitrogens with one attached hydrogen (secondary N) is 2. The van der Waals surface area contributed by atoms with Crippen molar-refractivity contribution in [3.05, 3.63) is 33.1 Å². The molecule has 0 bridgehead atoms. The van der Waals surface area contributed by atoms with Crippen molar-refractivity contribution < 1.29 is 9.84 Å². The van der Waals surface area contributed by atoms with E-state index in [2.05, 4.69) is 72.4 Å². The smallest absolute Gasteiger partial charge is 0.246 e. The number of aliphatic hydroxyl groups excluding tert-OH is 1. The molecular formula is C18H26BrN5O2S. The van der Waals surface area contributed by atoms with E-state index in [-0.39, 0.29) is 12.1 Å². The van der Waals surface area contributed by atoms with Gasteiger partial charge in [0.1, 0.15) is 12.7 Å². The predicted molar refractivity (Wildman–Crippen MR) is 114 cm³/mol. The molecule has 1 atom stereocenters. The molecule has 0 aliphatic rings. The molecule has 0 saturated carbocycles. The van der Waals surface area contributed by atoms with Crippen LogP contribution in [0.15, 0.2) is 32.6 Å². The standard InChI is InChI=1S/C18H26BrN5O2S/c1-12(2)23-24-17-20-9-15(19)16(22-17)26-10-14(25)8-21-18(3,4)7-13-5-6-27-11-13/h5-6,9,11,14,21,25H,7-8,10H2,1-4H3,(H,20,22,24). The number of hydrazone groups is 1. The highest BCUT2D eigenvalue weighted by Gasteiger charge is 2.20. The van der Waals surface area contributed by atoms with Gasteiger partial charge in [-0.2, -0.15) is 21.4 Å². The number of hydrogen-bond donors (Lipinski definition) is 3. The minimum Gasteiger partial charge on any atom is -0.474 e. The second-order valence-corrected chi connectivity index (χ2v) is 8.69. The third-order valence-electron chi connectivity index (χ3n) is 3.55. The van der Waals surface area contributed by atoms with Gasteiger partial charge in [0.25, 0.3) is 0 Å². The lowest BCUT2D eigenvalue weighted by Gasteiger charge is -2.27. The lowest BCUT2D eigenvalue weighted by atomic mass is 9.96. The van der Waals surface area contributed by atoms with E-state index in [0.717, 1.165) is 12.1 Å². The first-order chi connectivity index (χ1) is 12.7. The number of rotatable bonds is 10. The fourth-order valence-electron chi connectivity index (χ4n) is 2.26. The third-order valence-corrected chi connectivity index (χ3v) is 4.82. The van der Waals surface area contributed by atoms with Crippen molar-refractivity contribution in [2.75, 3.05) is 18.6 Å². The molecule has 7 nitrogen and oxygen atoms in total. The number of hydrogen-bond acceptors (Lipinski definition) is 8. The second kappa shape index (κ2) is 10.1. The van der Waals surface area contributed by atoms with Crippen LogP contribution in [0.3, 0.4) is 0 Å². The van der Waals surface area contributed by atoms with Gasteiger partial charge < -0.3 is 15.2 Å². The monoisotopic (exact) mass is 455 g/mol. The van der Waals surface area contributed by atoms with Crippen LogP contribution in [0.2, 0.25) is 0 Å². The topological polar surface area (TPSA) is 91.7 Å². The average Bonchev–Trinajstić information content (AvgIpc) is 3.10. The van der Waals surface area contributed by atoms with Gasteiger partial charge in [-0.25, -0.2) is 10.4 Å². The SMILES string of the molecule is CC(C)=NNc1ncc(Br)c(OCC(O)CNC(C)(C)Cc2ccsc2)n1. The molecule has 0 fully saturated rings. The molecule has 2 aromatic rings. The number of β-amino-alcohol motifs (C(OH)–C–C–N with tert-alkyl or cyclic N) is 1. The molecule has 27 heavy (non-hydrogen) atoms. The Hall–Kier alpha value is -1.55. The lowest BCUT2D eigenvalue weighted by molar-refractivity contribution is 0.0961. The Kier molecular flexibility index (Phi) is 8.15. The number of aliphatic hydroxyl groups is 1. The first-order valence-corrected chi connectivity index (χ1v) is 10.3. The first-order valence-electron chi connectivity index (χ1n) is 8.61. The van der Waals surface area contributed by atoms with Crippen molar-refractivity contribution in [2.45, 2.75) is 45.8 Å². The van der Waals surface area contributed by atoms with Crippen LogP contribution in [0.25, 0.3) is 0 Å². The zero-order valence-electron chi connectivity index (χ0n) is 16.0. The molecule has 1 unspecified atom stereocenters. The van der Waals surface area contributed by atoms with Crippen LogP contribution in [0, 0.1) is 0 Å². The Morgan fingerprint density at radius 2 is 2.22 bits per heavy atom. The molecule has 9 heteroatoms. The Morgan fingerprint density at radius 1 is 1.44 bits per heavy atom. The van der Waals surface area contributed by atoms with E-state index in [4.69, 9.17) is 4.74 Å². The van der Waals surface area contributed by atoms with E-state index in [1.165, 1.54) is 5.56 Å². The maximum Gasteiger partial charge on any atom is 0.246 e. The molecule has 0 aliphatic heterocycles. The third kappa shape index (κ3) is 7.92. The number of aromatic nitrogens is 2. The molecule has 0 saturated heterocycles. The van der Waals surface area contributed by atoms with Gasteiger partial charge in [-0.3, -0.25) is 0 Å². The second-order valence-electron chi connectivity index (χ2n) is 7.06. The summed E-state index contributed by atoms with van der Waals surface area (Å²) >= 11 is 5.05. The highest BCUT2D eigenvalue weighted by atomic mass is 79.9. The summed E-state index contributed by atoms with van der Waals surface area (Å²) in [6.45, 7) is 8.51. The highest BCUT2D eigenvalue weighted by Crippen LogP contribution is 2.22. The molecule has 0 spiro atoms. The van der Waals surface area contributed by atoms with E-state index >= 15 is 0 Å². The summed E-state index contributed by atoms with van der Waals surface area (Å²) in [6.07, 6.45) is 1.81. The van der Waals surface area contributed by atoms with Crippen LogP contribution in [-0.2, 0) is 6.42 Å². The van der Waals surface area contributed by atoms with Crippen LogP contribution in [0.4, 0.5) is 5.95 Å². The van der Waals surface area contributed by atoms with Crippen LogP contribution in [0.1, 0.15) is 33.3 Å². The summed E-state index contributed by atoms with van der Waals surface area (Å²) in [5.74, 6) is 0.687. The fourth-order valence-corrected chi connectivity index (χ4v) is 3.24. The molecule has 2 aromatic heterocycles. The van der Waals surface area contributed by atoms with E-state index in [0.29, 0.717) is 22.8 Å². The van der Waals surface area contributed by atoms with Gasteiger partial charge in [-0.05, 0) is 72.4 Å². The van der Waals surface area contributed by atoms with Crippen LogP contribution >= 0.6 is 27.3 Å². The number of halogens is 1. The molecule has 0 aliphatic carbocycles. The van der Waals surface area contributed by atoms with Crippen molar-refractivity contribution in [3.63, 3.8) is 0 Å². The van der Waals surface area contributed by atoms with Crippen LogP contribution in [0.5, 0.6) is 5.88 Å². The van der Waals surface area contributed by atoms with E-state index in [1.54, 1.807) is 17.5 Å². The summed E-state index contributed by atoms with van der Waals surface area (Å²) in [4.78, 5) is 8.36. The van der Waals surface area contributed by atoms with E-state index < -0.39 is 6.10 Å². The molecule has 0 amide bonds. The van der Waals surface area contributed by atoms with Crippen LogP contribution in [-0.4, -0.2) is 45.6 Å². The largest absolute Gasteiger partial charge is 0.474 e. The Labute approximate surface area is 172 Å². The van der Waals surface area contributed by atoms with Gasteiger partial charge >= 0.3 is 0 Å². The quantitative estimate of drug-likeness (QED) is 0.375. The fraction of sp³-hybridized carbons (Fsp3) is 0.500. The van der Waals surface area contributed by atoms with Crippen molar-refractivity contribution in [1.82, 2.24) is 15.3 Å².